The average Bonchev–Trinajstić information content (AvgIpc) is 2.93. The van der Waals surface area contributed by atoms with Crippen molar-refractivity contribution in [1.29, 1.82) is 0 Å². The maximum Gasteiger partial charge on any atom is 0.500 e. The van der Waals surface area contributed by atoms with Crippen LogP contribution in [0.25, 0.3) is 0 Å². The van der Waals surface area contributed by atoms with Crippen molar-refractivity contribution in [1.82, 2.24) is 0 Å². The van der Waals surface area contributed by atoms with E-state index in [1.54, 1.807) is 0 Å². The lowest BCUT2D eigenvalue weighted by molar-refractivity contribution is -0.137. The first kappa shape index (κ1) is 39.6. The van der Waals surface area contributed by atoms with Crippen molar-refractivity contribution in [3.8, 4) is 0 Å². The fraction of sp³-hybridized carbons (Fsp3) is 0.971. The van der Waals surface area contributed by atoms with Gasteiger partial charge in [0, 0.05) is 32.3 Å². The van der Waals surface area contributed by atoms with Crippen LogP contribution in [-0.4, -0.2) is 39.7 Å². The highest BCUT2D eigenvalue weighted by molar-refractivity contribution is 6.60. The van der Waals surface area contributed by atoms with Gasteiger partial charge < -0.3 is 18.4 Å². The molecule has 0 fully saturated rings. The SMILES string of the molecule is CCO[Si](CCCCCCCCCCCCCCCCCCCCCCCCCCCC(=O)O)(OCC)OCC. The number of carboxylic acid groups (broad SMARTS) is 1. The Hall–Kier alpha value is -0.433. The van der Waals surface area contributed by atoms with Crippen LogP contribution in [0.15, 0.2) is 0 Å². The minimum atomic E-state index is -2.43. The van der Waals surface area contributed by atoms with E-state index in [0.29, 0.717) is 26.2 Å². The monoisotopic (exact) mass is 586 g/mol. The van der Waals surface area contributed by atoms with Gasteiger partial charge in [-0.25, -0.2) is 0 Å². The molecule has 40 heavy (non-hydrogen) atoms. The van der Waals surface area contributed by atoms with E-state index in [2.05, 4.69) is 0 Å². The summed E-state index contributed by atoms with van der Waals surface area (Å²) in [7, 11) is -2.43. The molecule has 0 aromatic rings. The molecule has 0 spiro atoms. The Balaban J connectivity index is 3.27. The van der Waals surface area contributed by atoms with Crippen molar-refractivity contribution in [3.05, 3.63) is 0 Å². The highest BCUT2D eigenvalue weighted by Gasteiger charge is 2.39. The summed E-state index contributed by atoms with van der Waals surface area (Å²) >= 11 is 0. The van der Waals surface area contributed by atoms with Crippen molar-refractivity contribution in [2.75, 3.05) is 19.8 Å². The average molecular weight is 587 g/mol. The van der Waals surface area contributed by atoms with Crippen LogP contribution in [0.2, 0.25) is 6.04 Å². The molecule has 0 amide bonds. The van der Waals surface area contributed by atoms with E-state index in [0.717, 1.165) is 25.3 Å². The third-order valence-electron chi connectivity index (χ3n) is 7.97. The van der Waals surface area contributed by atoms with Crippen LogP contribution in [0.5, 0.6) is 0 Å². The Morgan fingerprint density at radius 1 is 0.425 bits per heavy atom. The van der Waals surface area contributed by atoms with E-state index in [-0.39, 0.29) is 0 Å². The third-order valence-corrected chi connectivity index (χ3v) is 11.1. The fourth-order valence-electron chi connectivity index (χ4n) is 5.68. The van der Waals surface area contributed by atoms with Gasteiger partial charge in [-0.15, -0.1) is 0 Å². The molecule has 0 atom stereocenters. The lowest BCUT2D eigenvalue weighted by Crippen LogP contribution is -2.45. The van der Waals surface area contributed by atoms with E-state index in [1.165, 1.54) is 141 Å². The molecule has 240 valence electrons. The Morgan fingerprint density at radius 3 is 0.875 bits per heavy atom. The number of carbonyl (C=O) groups is 1. The van der Waals surface area contributed by atoms with E-state index < -0.39 is 14.8 Å². The van der Waals surface area contributed by atoms with Gasteiger partial charge in [-0.1, -0.05) is 148 Å². The minimum absolute atomic E-state index is 0.340. The van der Waals surface area contributed by atoms with Gasteiger partial charge in [0.2, 0.25) is 0 Å². The molecule has 6 heteroatoms. The Labute approximate surface area is 251 Å². The number of rotatable bonds is 34. The van der Waals surface area contributed by atoms with Crippen molar-refractivity contribution in [3.63, 3.8) is 0 Å². The zero-order chi connectivity index (χ0) is 29.4. The molecule has 0 bridgehead atoms. The Morgan fingerprint density at radius 2 is 0.650 bits per heavy atom. The molecule has 0 aromatic heterocycles. The number of carboxylic acids is 1. The zero-order valence-corrected chi connectivity index (χ0v) is 28.3. The van der Waals surface area contributed by atoms with E-state index in [1.807, 2.05) is 20.8 Å². The van der Waals surface area contributed by atoms with E-state index in [4.69, 9.17) is 18.4 Å². The highest BCUT2D eigenvalue weighted by Crippen LogP contribution is 2.21. The quantitative estimate of drug-likeness (QED) is 0.0600. The van der Waals surface area contributed by atoms with Crippen LogP contribution in [0.3, 0.4) is 0 Å². The van der Waals surface area contributed by atoms with Crippen LogP contribution >= 0.6 is 0 Å². The predicted molar refractivity (Wildman–Crippen MR) is 173 cm³/mol. The maximum absolute atomic E-state index is 10.5. The van der Waals surface area contributed by atoms with Crippen LogP contribution in [-0.2, 0) is 18.1 Å². The molecular formula is C34H70O5Si. The largest absolute Gasteiger partial charge is 0.500 e. The van der Waals surface area contributed by atoms with Crippen LogP contribution in [0, 0.1) is 0 Å². The normalized spacial score (nSPS) is 11.9. The highest BCUT2D eigenvalue weighted by atomic mass is 28.4. The van der Waals surface area contributed by atoms with Crippen molar-refractivity contribution >= 4 is 14.8 Å². The molecule has 0 unspecified atom stereocenters. The Kier molecular flexibility index (Phi) is 31.2. The molecule has 0 heterocycles. The van der Waals surface area contributed by atoms with E-state index >= 15 is 0 Å². The summed E-state index contributed by atoms with van der Waals surface area (Å²) in [6.45, 7) is 8.13. The second-order valence-corrected chi connectivity index (χ2v) is 14.4. The first-order valence-electron chi connectivity index (χ1n) is 17.7. The second-order valence-electron chi connectivity index (χ2n) is 11.7. The van der Waals surface area contributed by atoms with Gasteiger partial charge in [0.1, 0.15) is 0 Å². The number of aliphatic carboxylic acids is 1. The summed E-state index contributed by atoms with van der Waals surface area (Å²) in [6.07, 6.45) is 33.9. The molecule has 0 radical (unpaired) electrons. The van der Waals surface area contributed by atoms with Gasteiger partial charge in [-0.2, -0.15) is 0 Å². The van der Waals surface area contributed by atoms with Gasteiger partial charge in [0.15, 0.2) is 0 Å². The van der Waals surface area contributed by atoms with Crippen molar-refractivity contribution in [2.24, 2.45) is 0 Å². The number of hydrogen-bond donors (Lipinski definition) is 1. The zero-order valence-electron chi connectivity index (χ0n) is 27.3. The topological polar surface area (TPSA) is 65.0 Å². The summed E-state index contributed by atoms with van der Waals surface area (Å²) in [5, 5.41) is 8.63. The molecule has 0 aliphatic heterocycles. The van der Waals surface area contributed by atoms with Gasteiger partial charge in [0.25, 0.3) is 0 Å². The number of hydrogen-bond acceptors (Lipinski definition) is 4. The third kappa shape index (κ3) is 27.7. The second kappa shape index (κ2) is 31.5. The van der Waals surface area contributed by atoms with Gasteiger partial charge in [0.05, 0.1) is 0 Å². The first-order valence-corrected chi connectivity index (χ1v) is 19.7. The molecule has 0 saturated carbocycles. The van der Waals surface area contributed by atoms with Crippen molar-refractivity contribution in [2.45, 2.75) is 194 Å². The summed E-state index contributed by atoms with van der Waals surface area (Å²) in [6, 6.07) is 0.963. The molecule has 0 aromatic carbocycles. The van der Waals surface area contributed by atoms with Crippen LogP contribution in [0.4, 0.5) is 0 Å². The summed E-state index contributed by atoms with van der Waals surface area (Å²) in [5.41, 5.74) is 0. The minimum Gasteiger partial charge on any atom is -0.481 e. The van der Waals surface area contributed by atoms with Gasteiger partial charge >= 0.3 is 14.8 Å². The summed E-state index contributed by atoms with van der Waals surface area (Å²) in [4.78, 5) is 10.5. The molecular weight excluding hydrogens is 516 g/mol. The Bertz CT molecular complexity index is 500. The molecule has 5 nitrogen and oxygen atoms in total. The molecule has 0 rings (SSSR count). The van der Waals surface area contributed by atoms with Gasteiger partial charge in [-0.3, -0.25) is 4.79 Å². The van der Waals surface area contributed by atoms with Crippen molar-refractivity contribution < 1.29 is 23.2 Å². The molecule has 0 aliphatic carbocycles. The standard InChI is InChI=1S/C34H70O5Si/c1-4-37-40(38-5-2,39-6-3)33-31-29-27-25-23-21-19-17-15-13-11-9-7-8-10-12-14-16-18-20-22-24-26-28-30-32-34(35)36/h4-33H2,1-3H3,(H,35,36). The van der Waals surface area contributed by atoms with E-state index in [9.17, 15) is 4.79 Å². The van der Waals surface area contributed by atoms with Gasteiger partial charge in [-0.05, 0) is 33.6 Å². The lowest BCUT2D eigenvalue weighted by atomic mass is 10.0. The summed E-state index contributed by atoms with van der Waals surface area (Å²) < 4.78 is 17.9. The van der Waals surface area contributed by atoms with Crippen LogP contribution in [0.1, 0.15) is 188 Å². The van der Waals surface area contributed by atoms with Crippen LogP contribution < -0.4 is 0 Å². The smallest absolute Gasteiger partial charge is 0.481 e. The molecule has 0 saturated heterocycles. The fourth-order valence-corrected chi connectivity index (χ4v) is 8.37. The molecule has 1 N–H and O–H groups in total. The number of unbranched alkanes of at least 4 members (excludes halogenated alkanes) is 24. The predicted octanol–water partition coefficient (Wildman–Crippen LogP) is 11.3. The maximum atomic E-state index is 10.5. The molecule has 0 aliphatic rings. The first-order chi connectivity index (χ1) is 19.6. The summed E-state index contributed by atoms with van der Waals surface area (Å²) in [5.74, 6) is -0.654. The lowest BCUT2D eigenvalue weighted by Gasteiger charge is -2.28.